The molecule has 1 aromatic heterocycles. The van der Waals surface area contributed by atoms with Crippen LogP contribution in [0, 0.1) is 6.33 Å². The molecule has 0 bridgehead atoms. The molecule has 12 heavy (non-hydrogen) atoms. The summed E-state index contributed by atoms with van der Waals surface area (Å²) in [5.41, 5.74) is -0.0106. The Morgan fingerprint density at radius 2 is 1.92 bits per heavy atom. The Bertz CT molecular complexity index is 263. The Kier molecular flexibility index (Phi) is 2.40. The maximum absolute atomic E-state index is 4.31. The van der Waals surface area contributed by atoms with Gasteiger partial charge in [0.25, 0.3) is 0 Å². The Morgan fingerprint density at radius 1 is 1.25 bits per heavy atom. The van der Waals surface area contributed by atoms with Crippen LogP contribution in [0.3, 0.4) is 0 Å². The highest BCUT2D eigenvalue weighted by molar-refractivity contribution is 5.01. The molecule has 65 valence electrons. The van der Waals surface area contributed by atoms with Crippen LogP contribution in [0.1, 0.15) is 39.3 Å². The third-order valence-electron chi connectivity index (χ3n) is 1.56. The highest BCUT2D eigenvalue weighted by Gasteiger charge is 2.17. The molecule has 1 aromatic rings. The van der Waals surface area contributed by atoms with Crippen LogP contribution in [0.15, 0.2) is 0 Å². The molecule has 0 amide bonds. The van der Waals surface area contributed by atoms with Gasteiger partial charge in [-0.25, -0.2) is 15.0 Å². The van der Waals surface area contributed by atoms with Crippen LogP contribution in [0.4, 0.5) is 0 Å². The van der Waals surface area contributed by atoms with Gasteiger partial charge in [-0.05, 0) is 0 Å². The van der Waals surface area contributed by atoms with E-state index < -0.39 is 0 Å². The molecular formula is C9H14N3. The number of aryl methyl sites for hydroxylation is 1. The van der Waals surface area contributed by atoms with Crippen LogP contribution >= 0.6 is 0 Å². The van der Waals surface area contributed by atoms with Crippen LogP contribution in [-0.2, 0) is 11.8 Å². The summed E-state index contributed by atoms with van der Waals surface area (Å²) in [5, 5.41) is 0. The van der Waals surface area contributed by atoms with Crippen molar-refractivity contribution in [2.75, 3.05) is 0 Å². The van der Waals surface area contributed by atoms with Crippen LogP contribution in [0.2, 0.25) is 0 Å². The zero-order chi connectivity index (χ0) is 9.19. The van der Waals surface area contributed by atoms with Gasteiger partial charge in [-0.1, -0.05) is 27.7 Å². The van der Waals surface area contributed by atoms with E-state index in [0.717, 1.165) is 18.1 Å². The Morgan fingerprint density at radius 3 is 2.42 bits per heavy atom. The first-order valence-electron chi connectivity index (χ1n) is 4.15. The van der Waals surface area contributed by atoms with Crippen LogP contribution in [-0.4, -0.2) is 15.0 Å². The highest BCUT2D eigenvalue weighted by Crippen LogP contribution is 2.16. The fraction of sp³-hybridized carbons (Fsp3) is 0.667. The first kappa shape index (κ1) is 9.10. The van der Waals surface area contributed by atoms with Crippen LogP contribution < -0.4 is 0 Å². The lowest BCUT2D eigenvalue weighted by molar-refractivity contribution is 0.535. The van der Waals surface area contributed by atoms with E-state index >= 15 is 0 Å². The monoisotopic (exact) mass is 164 g/mol. The molecule has 0 atom stereocenters. The molecule has 0 saturated carbocycles. The molecule has 0 aliphatic rings. The first-order valence-corrected chi connectivity index (χ1v) is 4.15. The normalized spacial score (nSPS) is 11.7. The molecule has 0 fully saturated rings. The molecule has 0 saturated heterocycles. The fourth-order valence-electron chi connectivity index (χ4n) is 0.796. The van der Waals surface area contributed by atoms with Gasteiger partial charge in [-0.3, -0.25) is 0 Å². The summed E-state index contributed by atoms with van der Waals surface area (Å²) in [6.45, 7) is 8.26. The lowest BCUT2D eigenvalue weighted by atomic mass is 9.96. The van der Waals surface area contributed by atoms with E-state index in [1.807, 2.05) is 6.92 Å². The lowest BCUT2D eigenvalue weighted by Gasteiger charge is -2.15. The van der Waals surface area contributed by atoms with E-state index in [9.17, 15) is 0 Å². The summed E-state index contributed by atoms with van der Waals surface area (Å²) >= 11 is 0. The standard InChI is InChI=1S/C9H14N3/c1-5-7-10-6-11-8(12-7)9(2,3)4/h5H2,1-4H3. The van der Waals surface area contributed by atoms with Crippen molar-refractivity contribution >= 4 is 0 Å². The van der Waals surface area contributed by atoms with E-state index in [-0.39, 0.29) is 5.41 Å². The van der Waals surface area contributed by atoms with Gasteiger partial charge in [0, 0.05) is 11.8 Å². The van der Waals surface area contributed by atoms with E-state index in [0.29, 0.717) is 0 Å². The third kappa shape index (κ3) is 2.00. The van der Waals surface area contributed by atoms with Crippen LogP contribution in [0.5, 0.6) is 0 Å². The molecule has 0 aromatic carbocycles. The fourth-order valence-corrected chi connectivity index (χ4v) is 0.796. The molecule has 1 heterocycles. The van der Waals surface area contributed by atoms with Crippen molar-refractivity contribution in [2.45, 2.75) is 39.5 Å². The molecule has 3 heteroatoms. The number of nitrogens with zero attached hydrogens (tertiary/aromatic N) is 3. The molecule has 0 spiro atoms. The molecule has 3 nitrogen and oxygen atoms in total. The quantitative estimate of drug-likeness (QED) is 0.631. The van der Waals surface area contributed by atoms with Gasteiger partial charge in [-0.15, -0.1) is 0 Å². The largest absolute Gasteiger partial charge is 0.217 e. The van der Waals surface area contributed by atoms with Gasteiger partial charge in [0.1, 0.15) is 11.6 Å². The van der Waals surface area contributed by atoms with Gasteiger partial charge in [-0.2, -0.15) is 0 Å². The molecule has 0 aliphatic carbocycles. The predicted octanol–water partition coefficient (Wildman–Crippen LogP) is 1.53. The summed E-state index contributed by atoms with van der Waals surface area (Å²) in [7, 11) is 0. The van der Waals surface area contributed by atoms with E-state index in [2.05, 4.69) is 42.1 Å². The smallest absolute Gasteiger partial charge is 0.201 e. The molecule has 0 unspecified atom stereocenters. The van der Waals surface area contributed by atoms with Gasteiger partial charge in [0.2, 0.25) is 6.33 Å². The molecule has 0 aliphatic heterocycles. The number of rotatable bonds is 1. The van der Waals surface area contributed by atoms with Crippen molar-refractivity contribution in [2.24, 2.45) is 0 Å². The first-order chi connectivity index (χ1) is 5.54. The van der Waals surface area contributed by atoms with Gasteiger partial charge in [0.05, 0.1) is 0 Å². The summed E-state index contributed by atoms with van der Waals surface area (Å²) in [5.74, 6) is 1.63. The summed E-state index contributed by atoms with van der Waals surface area (Å²) < 4.78 is 0. The summed E-state index contributed by atoms with van der Waals surface area (Å²) in [4.78, 5) is 12.2. The highest BCUT2D eigenvalue weighted by atomic mass is 15.0. The van der Waals surface area contributed by atoms with Crippen molar-refractivity contribution in [3.05, 3.63) is 18.0 Å². The molecular weight excluding hydrogens is 150 g/mol. The van der Waals surface area contributed by atoms with Gasteiger partial charge < -0.3 is 0 Å². The van der Waals surface area contributed by atoms with Crippen molar-refractivity contribution in [1.82, 2.24) is 15.0 Å². The van der Waals surface area contributed by atoms with Crippen molar-refractivity contribution in [1.29, 1.82) is 0 Å². The minimum Gasteiger partial charge on any atom is -0.217 e. The lowest BCUT2D eigenvalue weighted by Crippen LogP contribution is -2.17. The molecule has 0 N–H and O–H groups in total. The maximum atomic E-state index is 4.31. The number of aromatic nitrogens is 3. The van der Waals surface area contributed by atoms with Crippen LogP contribution in [0.25, 0.3) is 0 Å². The summed E-state index contributed by atoms with van der Waals surface area (Å²) in [6.07, 6.45) is 3.46. The maximum Gasteiger partial charge on any atom is 0.201 e. The number of hydrogen-bond acceptors (Lipinski definition) is 3. The SMILES string of the molecule is CCc1n[c]nc(C(C)(C)C)n1. The van der Waals surface area contributed by atoms with Crippen molar-refractivity contribution in [3.63, 3.8) is 0 Å². The number of hydrogen-bond donors (Lipinski definition) is 0. The van der Waals surface area contributed by atoms with Gasteiger partial charge >= 0.3 is 0 Å². The van der Waals surface area contributed by atoms with Crippen molar-refractivity contribution in [3.8, 4) is 0 Å². The molecule has 1 radical (unpaired) electrons. The zero-order valence-electron chi connectivity index (χ0n) is 8.05. The second kappa shape index (κ2) is 3.17. The van der Waals surface area contributed by atoms with Crippen molar-refractivity contribution < 1.29 is 0 Å². The minimum atomic E-state index is -0.0106. The minimum absolute atomic E-state index is 0.0106. The Hall–Kier alpha value is -0.990. The van der Waals surface area contributed by atoms with Gasteiger partial charge in [0.15, 0.2) is 0 Å². The topological polar surface area (TPSA) is 38.7 Å². The summed E-state index contributed by atoms with van der Waals surface area (Å²) in [6, 6.07) is 0. The predicted molar refractivity (Wildman–Crippen MR) is 46.7 cm³/mol. The molecule has 1 rings (SSSR count). The Labute approximate surface area is 73.3 Å². The third-order valence-corrected chi connectivity index (χ3v) is 1.56. The van der Waals surface area contributed by atoms with E-state index in [1.54, 1.807) is 0 Å². The Balaban J connectivity index is 3.02. The average Bonchev–Trinajstić information content (AvgIpc) is 2.03. The average molecular weight is 164 g/mol. The zero-order valence-corrected chi connectivity index (χ0v) is 8.05. The second-order valence-electron chi connectivity index (χ2n) is 3.78. The van der Waals surface area contributed by atoms with E-state index in [4.69, 9.17) is 0 Å². The van der Waals surface area contributed by atoms with E-state index in [1.165, 1.54) is 0 Å². The second-order valence-corrected chi connectivity index (χ2v) is 3.78.